The van der Waals surface area contributed by atoms with Crippen molar-refractivity contribution in [2.75, 3.05) is 5.32 Å². The molecule has 0 aromatic heterocycles. The Balaban J connectivity index is 2.04. The van der Waals surface area contributed by atoms with Gasteiger partial charge in [-0.2, -0.15) is 13.2 Å². The number of carbonyl (C=O) groups excluding carboxylic acids is 1. The minimum Gasteiger partial charge on any atom is -0.323 e. The maximum Gasteiger partial charge on any atom is 0.416 e. The Labute approximate surface area is 134 Å². The Morgan fingerprint density at radius 2 is 1.79 bits per heavy atom. The average molecular weight is 336 g/mol. The summed E-state index contributed by atoms with van der Waals surface area (Å²) >= 11 is 0. The first-order chi connectivity index (χ1) is 11.3. The second-order valence-corrected chi connectivity index (χ2v) is 4.75. The molecule has 0 atom stereocenters. The number of hydrogen-bond donors (Lipinski definition) is 1. The molecule has 2 aromatic rings. The van der Waals surface area contributed by atoms with Gasteiger partial charge in [-0.3, -0.25) is 14.9 Å². The molecule has 0 fully saturated rings. The van der Waals surface area contributed by atoms with Gasteiger partial charge in [-0.25, -0.2) is 0 Å². The van der Waals surface area contributed by atoms with Crippen molar-refractivity contribution in [1.82, 2.24) is 0 Å². The summed E-state index contributed by atoms with van der Waals surface area (Å²) in [6, 6.07) is 9.71. The van der Waals surface area contributed by atoms with Crippen LogP contribution in [0.1, 0.15) is 11.1 Å². The van der Waals surface area contributed by atoms with Gasteiger partial charge in [-0.15, -0.1) is 0 Å². The maximum atomic E-state index is 12.6. The third-order valence-corrected chi connectivity index (χ3v) is 2.99. The van der Waals surface area contributed by atoms with Crippen LogP contribution in [0.4, 0.5) is 24.5 Å². The quantitative estimate of drug-likeness (QED) is 0.515. The van der Waals surface area contributed by atoms with Crippen LogP contribution < -0.4 is 5.32 Å². The van der Waals surface area contributed by atoms with Crippen molar-refractivity contribution in [2.24, 2.45) is 0 Å². The molecule has 8 heteroatoms. The first-order valence-corrected chi connectivity index (χ1v) is 6.66. The summed E-state index contributed by atoms with van der Waals surface area (Å²) in [6.45, 7) is 0. The summed E-state index contributed by atoms with van der Waals surface area (Å²) in [5, 5.41) is 13.0. The molecule has 0 radical (unpaired) electrons. The van der Waals surface area contributed by atoms with E-state index in [9.17, 15) is 28.1 Å². The van der Waals surface area contributed by atoms with Crippen LogP contribution in [0.2, 0.25) is 0 Å². The molecular weight excluding hydrogens is 325 g/mol. The van der Waals surface area contributed by atoms with Crippen LogP contribution in [0, 0.1) is 10.1 Å². The van der Waals surface area contributed by atoms with Crippen LogP contribution in [0.15, 0.2) is 54.6 Å². The van der Waals surface area contributed by atoms with E-state index in [1.807, 2.05) is 0 Å². The molecule has 0 aliphatic carbocycles. The van der Waals surface area contributed by atoms with Crippen molar-refractivity contribution in [1.29, 1.82) is 0 Å². The smallest absolute Gasteiger partial charge is 0.323 e. The number of carbonyl (C=O) groups is 1. The largest absolute Gasteiger partial charge is 0.416 e. The number of anilines is 1. The highest BCUT2D eigenvalue weighted by atomic mass is 19.4. The Morgan fingerprint density at radius 3 is 2.38 bits per heavy atom. The number of benzene rings is 2. The van der Waals surface area contributed by atoms with Crippen LogP contribution >= 0.6 is 0 Å². The molecule has 0 aliphatic heterocycles. The molecule has 0 saturated carbocycles. The minimum absolute atomic E-state index is 0.118. The van der Waals surface area contributed by atoms with Crippen LogP contribution in [-0.4, -0.2) is 10.8 Å². The number of amides is 1. The SMILES string of the molecule is O=C(/C=C/c1cccc(C(F)(F)F)c1)Nc1ccc([N+](=O)[O-])cc1. The number of halogens is 3. The molecule has 24 heavy (non-hydrogen) atoms. The molecule has 0 heterocycles. The lowest BCUT2D eigenvalue weighted by molar-refractivity contribution is -0.384. The number of hydrogen-bond acceptors (Lipinski definition) is 3. The minimum atomic E-state index is -4.45. The summed E-state index contributed by atoms with van der Waals surface area (Å²) in [5.74, 6) is -0.568. The van der Waals surface area contributed by atoms with Crippen molar-refractivity contribution in [3.8, 4) is 0 Å². The lowest BCUT2D eigenvalue weighted by Crippen LogP contribution is -2.07. The fourth-order valence-corrected chi connectivity index (χ4v) is 1.84. The van der Waals surface area contributed by atoms with Gasteiger partial charge in [0.1, 0.15) is 0 Å². The lowest BCUT2D eigenvalue weighted by atomic mass is 10.1. The molecule has 2 rings (SSSR count). The van der Waals surface area contributed by atoms with Crippen LogP contribution in [-0.2, 0) is 11.0 Å². The predicted molar refractivity (Wildman–Crippen MR) is 82.2 cm³/mol. The van der Waals surface area contributed by atoms with E-state index < -0.39 is 22.6 Å². The maximum absolute atomic E-state index is 12.6. The molecule has 124 valence electrons. The molecule has 0 aliphatic rings. The molecule has 2 aromatic carbocycles. The number of rotatable bonds is 4. The molecular formula is C16H11F3N2O3. The Hall–Kier alpha value is -3.16. The van der Waals surface area contributed by atoms with E-state index in [0.29, 0.717) is 5.69 Å². The highest BCUT2D eigenvalue weighted by molar-refractivity contribution is 6.01. The lowest BCUT2D eigenvalue weighted by Gasteiger charge is -2.06. The first-order valence-electron chi connectivity index (χ1n) is 6.66. The van der Waals surface area contributed by atoms with Crippen molar-refractivity contribution in [3.63, 3.8) is 0 Å². The Kier molecular flexibility index (Phi) is 4.98. The zero-order valence-corrected chi connectivity index (χ0v) is 12.1. The first kappa shape index (κ1) is 17.2. The van der Waals surface area contributed by atoms with Crippen LogP contribution in [0.3, 0.4) is 0 Å². The van der Waals surface area contributed by atoms with Gasteiger partial charge in [-0.05, 0) is 35.9 Å². The topological polar surface area (TPSA) is 72.2 Å². The molecule has 0 saturated heterocycles. The van der Waals surface area contributed by atoms with E-state index in [-0.39, 0.29) is 11.3 Å². The molecule has 5 nitrogen and oxygen atoms in total. The number of nitro benzene ring substituents is 1. The predicted octanol–water partition coefficient (Wildman–Crippen LogP) is 4.27. The summed E-state index contributed by atoms with van der Waals surface area (Å²) in [6.07, 6.45) is -2.13. The highest BCUT2D eigenvalue weighted by Gasteiger charge is 2.30. The highest BCUT2D eigenvalue weighted by Crippen LogP contribution is 2.29. The molecule has 0 unspecified atom stereocenters. The van der Waals surface area contributed by atoms with E-state index in [1.54, 1.807) is 0 Å². The summed E-state index contributed by atoms with van der Waals surface area (Å²) in [7, 11) is 0. The number of nitrogens with one attached hydrogen (secondary N) is 1. The van der Waals surface area contributed by atoms with Gasteiger partial charge >= 0.3 is 6.18 Å². The fraction of sp³-hybridized carbons (Fsp3) is 0.0625. The molecule has 1 amide bonds. The zero-order chi connectivity index (χ0) is 17.7. The normalized spacial score (nSPS) is 11.5. The standard InChI is InChI=1S/C16H11F3N2O3/c17-16(18,19)12-3-1-2-11(10-12)4-9-15(22)20-13-5-7-14(8-6-13)21(23)24/h1-10H,(H,20,22)/b9-4+. The Morgan fingerprint density at radius 1 is 1.12 bits per heavy atom. The fourth-order valence-electron chi connectivity index (χ4n) is 1.84. The average Bonchev–Trinajstić information content (AvgIpc) is 2.53. The van der Waals surface area contributed by atoms with Gasteiger partial charge < -0.3 is 5.32 Å². The molecule has 0 bridgehead atoms. The van der Waals surface area contributed by atoms with Crippen molar-refractivity contribution < 1.29 is 22.9 Å². The second kappa shape index (κ2) is 6.95. The second-order valence-electron chi connectivity index (χ2n) is 4.75. The van der Waals surface area contributed by atoms with E-state index >= 15 is 0 Å². The monoisotopic (exact) mass is 336 g/mol. The third-order valence-electron chi connectivity index (χ3n) is 2.99. The Bertz CT molecular complexity index is 784. The van der Waals surface area contributed by atoms with Crippen LogP contribution in [0.5, 0.6) is 0 Å². The zero-order valence-electron chi connectivity index (χ0n) is 12.1. The summed E-state index contributed by atoms with van der Waals surface area (Å²) < 4.78 is 37.8. The van der Waals surface area contributed by atoms with E-state index in [1.165, 1.54) is 42.5 Å². The van der Waals surface area contributed by atoms with E-state index in [0.717, 1.165) is 18.2 Å². The van der Waals surface area contributed by atoms with Crippen molar-refractivity contribution in [2.45, 2.75) is 6.18 Å². The number of alkyl halides is 3. The van der Waals surface area contributed by atoms with E-state index in [4.69, 9.17) is 0 Å². The van der Waals surface area contributed by atoms with Crippen molar-refractivity contribution >= 4 is 23.4 Å². The summed E-state index contributed by atoms with van der Waals surface area (Å²) in [4.78, 5) is 21.7. The number of nitrogens with zero attached hydrogens (tertiary/aromatic N) is 1. The van der Waals surface area contributed by atoms with Gasteiger partial charge in [0.25, 0.3) is 5.69 Å². The number of non-ortho nitro benzene ring substituents is 1. The third kappa shape index (κ3) is 4.67. The molecule has 0 spiro atoms. The summed E-state index contributed by atoms with van der Waals surface area (Å²) in [5.41, 5.74) is -0.365. The van der Waals surface area contributed by atoms with Gasteiger partial charge in [0.15, 0.2) is 0 Å². The van der Waals surface area contributed by atoms with Crippen LogP contribution in [0.25, 0.3) is 6.08 Å². The van der Waals surface area contributed by atoms with Gasteiger partial charge in [0.2, 0.25) is 5.91 Å². The van der Waals surface area contributed by atoms with E-state index in [2.05, 4.69) is 5.32 Å². The number of nitro groups is 1. The molecule has 1 N–H and O–H groups in total. The van der Waals surface area contributed by atoms with Crippen molar-refractivity contribution in [3.05, 3.63) is 75.8 Å². The van der Waals surface area contributed by atoms with Gasteiger partial charge in [0.05, 0.1) is 10.5 Å². The van der Waals surface area contributed by atoms with Gasteiger partial charge in [-0.1, -0.05) is 12.1 Å². The van der Waals surface area contributed by atoms with Gasteiger partial charge in [0, 0.05) is 23.9 Å².